The summed E-state index contributed by atoms with van der Waals surface area (Å²) < 4.78 is 24.3. The van der Waals surface area contributed by atoms with Crippen LogP contribution in [-0.2, 0) is 16.6 Å². The Morgan fingerprint density at radius 3 is 2.52 bits per heavy atom. The van der Waals surface area contributed by atoms with E-state index in [-0.39, 0.29) is 10.5 Å². The van der Waals surface area contributed by atoms with Crippen molar-refractivity contribution in [2.45, 2.75) is 11.4 Å². The third-order valence-corrected chi connectivity index (χ3v) is 5.88. The van der Waals surface area contributed by atoms with Crippen molar-refractivity contribution in [1.29, 1.82) is 5.26 Å². The van der Waals surface area contributed by atoms with E-state index >= 15 is 0 Å². The maximum atomic E-state index is 12.1. The summed E-state index contributed by atoms with van der Waals surface area (Å²) in [4.78, 5) is 2.75. The summed E-state index contributed by atoms with van der Waals surface area (Å²) in [5, 5.41) is 20.1. The third-order valence-electron chi connectivity index (χ3n) is 4.06. The van der Waals surface area contributed by atoms with Crippen LogP contribution in [0.3, 0.4) is 0 Å². The Morgan fingerprint density at radius 2 is 1.93 bits per heavy atom. The minimum absolute atomic E-state index is 0.0907. The van der Waals surface area contributed by atoms with E-state index in [1.807, 2.05) is 53.9 Å². The van der Waals surface area contributed by atoms with Gasteiger partial charge in [-0.05, 0) is 35.7 Å². The second-order valence-electron chi connectivity index (χ2n) is 5.85. The number of sulfonamides is 1. The molecule has 3 rings (SSSR count). The summed E-state index contributed by atoms with van der Waals surface area (Å²) in [5.41, 5.74) is 1.98. The Hall–Kier alpha value is -2.86. The number of thiophene rings is 1. The molecule has 8 heteroatoms. The average molecular weight is 399 g/mol. The average Bonchev–Trinajstić information content (AvgIpc) is 3.18. The second-order valence-corrected chi connectivity index (χ2v) is 8.41. The van der Waals surface area contributed by atoms with Gasteiger partial charge >= 0.3 is 0 Å². The summed E-state index contributed by atoms with van der Waals surface area (Å²) in [7, 11) is -2.25. The van der Waals surface area contributed by atoms with E-state index in [4.69, 9.17) is 5.14 Å². The lowest BCUT2D eigenvalue weighted by Gasteiger charge is -2.23. The Labute approximate surface area is 162 Å². The van der Waals surface area contributed by atoms with Crippen LogP contribution >= 0.6 is 11.3 Å². The predicted molar refractivity (Wildman–Crippen MR) is 109 cm³/mol. The molecule has 1 aromatic heterocycles. The standard InChI is InChI=1S/C19H18N4O2S2/c1-23(15-6-3-2-4-7-15)18-11-17(22-13-16-8-5-9-26-16)14(12-20)10-19(18)27(21,24)25/h2-11,22H,13H2,1H3,(H2,21,24,25). The Kier molecular flexibility index (Phi) is 5.46. The molecule has 0 atom stereocenters. The van der Waals surface area contributed by atoms with E-state index in [1.54, 1.807) is 29.4 Å². The van der Waals surface area contributed by atoms with Crippen LogP contribution in [0.4, 0.5) is 17.1 Å². The number of primary sulfonamides is 1. The molecule has 1 heterocycles. The first-order valence-electron chi connectivity index (χ1n) is 8.06. The van der Waals surface area contributed by atoms with Crippen LogP contribution in [0.15, 0.2) is 64.9 Å². The van der Waals surface area contributed by atoms with Crippen molar-refractivity contribution >= 4 is 38.4 Å². The lowest BCUT2D eigenvalue weighted by Crippen LogP contribution is -2.19. The zero-order valence-electron chi connectivity index (χ0n) is 14.6. The SMILES string of the molecule is CN(c1ccccc1)c1cc(NCc2cccs2)c(C#N)cc1S(N)(=O)=O. The van der Waals surface area contributed by atoms with Gasteiger partial charge in [-0.25, -0.2) is 13.6 Å². The van der Waals surface area contributed by atoms with Gasteiger partial charge in [-0.15, -0.1) is 11.3 Å². The Bertz CT molecular complexity index is 1070. The van der Waals surface area contributed by atoms with Crippen LogP contribution in [0.5, 0.6) is 0 Å². The summed E-state index contributed by atoms with van der Waals surface area (Å²) in [6, 6.07) is 18.3. The molecular formula is C19H18N4O2S2. The molecule has 0 radical (unpaired) electrons. The number of hydrogen-bond donors (Lipinski definition) is 2. The smallest absolute Gasteiger partial charge is 0.240 e. The number of benzene rings is 2. The van der Waals surface area contributed by atoms with Gasteiger partial charge in [0.05, 0.1) is 16.9 Å². The largest absolute Gasteiger partial charge is 0.379 e. The Morgan fingerprint density at radius 1 is 1.19 bits per heavy atom. The molecule has 0 spiro atoms. The van der Waals surface area contributed by atoms with Gasteiger partial charge in [0.1, 0.15) is 11.0 Å². The van der Waals surface area contributed by atoms with Gasteiger partial charge in [-0.2, -0.15) is 5.26 Å². The van der Waals surface area contributed by atoms with Crippen molar-refractivity contribution in [3.05, 3.63) is 70.4 Å². The van der Waals surface area contributed by atoms with Crippen molar-refractivity contribution in [1.82, 2.24) is 0 Å². The van der Waals surface area contributed by atoms with E-state index in [0.717, 1.165) is 10.6 Å². The fourth-order valence-electron chi connectivity index (χ4n) is 2.68. The molecular weight excluding hydrogens is 380 g/mol. The quantitative estimate of drug-likeness (QED) is 0.660. The van der Waals surface area contributed by atoms with Crippen LogP contribution in [0.1, 0.15) is 10.4 Å². The molecule has 27 heavy (non-hydrogen) atoms. The number of nitrogens with two attached hydrogens (primary N) is 1. The van der Waals surface area contributed by atoms with Crippen molar-refractivity contribution in [2.75, 3.05) is 17.3 Å². The highest BCUT2D eigenvalue weighted by Gasteiger charge is 2.21. The van der Waals surface area contributed by atoms with Crippen LogP contribution in [0.2, 0.25) is 0 Å². The maximum absolute atomic E-state index is 12.1. The monoisotopic (exact) mass is 398 g/mol. The Balaban J connectivity index is 2.08. The molecule has 3 N–H and O–H groups in total. The first-order valence-corrected chi connectivity index (χ1v) is 10.5. The number of hydrogen-bond acceptors (Lipinski definition) is 6. The number of rotatable bonds is 6. The highest BCUT2D eigenvalue weighted by Crippen LogP contribution is 2.34. The molecule has 0 unspecified atom stereocenters. The van der Waals surface area contributed by atoms with Crippen molar-refractivity contribution in [2.24, 2.45) is 5.14 Å². The van der Waals surface area contributed by atoms with Gasteiger partial charge in [0, 0.05) is 24.2 Å². The van der Waals surface area contributed by atoms with Gasteiger partial charge in [-0.1, -0.05) is 24.3 Å². The van der Waals surface area contributed by atoms with Crippen LogP contribution < -0.4 is 15.4 Å². The minimum Gasteiger partial charge on any atom is -0.379 e. The fraction of sp³-hybridized carbons (Fsp3) is 0.105. The normalized spacial score (nSPS) is 11.0. The van der Waals surface area contributed by atoms with Crippen LogP contribution in [0, 0.1) is 11.3 Å². The van der Waals surface area contributed by atoms with Crippen LogP contribution in [0.25, 0.3) is 0 Å². The molecule has 0 saturated carbocycles. The first-order chi connectivity index (χ1) is 12.9. The van der Waals surface area contributed by atoms with Gasteiger partial charge in [0.15, 0.2) is 0 Å². The minimum atomic E-state index is -4.01. The van der Waals surface area contributed by atoms with E-state index in [2.05, 4.69) is 5.32 Å². The fourth-order valence-corrected chi connectivity index (χ4v) is 4.10. The highest BCUT2D eigenvalue weighted by molar-refractivity contribution is 7.89. The number of anilines is 3. The number of para-hydroxylation sites is 1. The van der Waals surface area contributed by atoms with Crippen molar-refractivity contribution in [3.63, 3.8) is 0 Å². The maximum Gasteiger partial charge on any atom is 0.240 e. The molecule has 0 bridgehead atoms. The first kappa shape index (κ1) is 18.9. The molecule has 0 aliphatic carbocycles. The number of nitrogens with one attached hydrogen (secondary N) is 1. The van der Waals surface area contributed by atoms with Crippen molar-refractivity contribution in [3.8, 4) is 6.07 Å². The van der Waals surface area contributed by atoms with E-state index in [1.165, 1.54) is 6.07 Å². The van der Waals surface area contributed by atoms with Gasteiger partial charge in [0.25, 0.3) is 0 Å². The molecule has 0 aliphatic heterocycles. The lowest BCUT2D eigenvalue weighted by molar-refractivity contribution is 0.598. The molecule has 138 valence electrons. The van der Waals surface area contributed by atoms with Gasteiger partial charge in [-0.3, -0.25) is 0 Å². The molecule has 6 nitrogen and oxygen atoms in total. The summed E-state index contributed by atoms with van der Waals surface area (Å²) in [5.74, 6) is 0. The second kappa shape index (κ2) is 7.80. The molecule has 0 amide bonds. The summed E-state index contributed by atoms with van der Waals surface area (Å²) in [6.45, 7) is 0.537. The van der Waals surface area contributed by atoms with E-state index in [9.17, 15) is 13.7 Å². The van der Waals surface area contributed by atoms with Crippen LogP contribution in [-0.4, -0.2) is 15.5 Å². The third kappa shape index (κ3) is 4.28. The van der Waals surface area contributed by atoms with Crippen molar-refractivity contribution < 1.29 is 8.42 Å². The summed E-state index contributed by atoms with van der Waals surface area (Å²) >= 11 is 1.60. The molecule has 3 aromatic rings. The zero-order valence-corrected chi connectivity index (χ0v) is 16.2. The topological polar surface area (TPSA) is 99.2 Å². The molecule has 2 aromatic carbocycles. The highest BCUT2D eigenvalue weighted by atomic mass is 32.2. The van der Waals surface area contributed by atoms with E-state index in [0.29, 0.717) is 17.9 Å². The van der Waals surface area contributed by atoms with E-state index < -0.39 is 10.0 Å². The molecule has 0 saturated heterocycles. The summed E-state index contributed by atoms with van der Waals surface area (Å²) in [6.07, 6.45) is 0. The van der Waals surface area contributed by atoms with Gasteiger partial charge < -0.3 is 10.2 Å². The predicted octanol–water partition coefficient (Wildman–Crippen LogP) is 3.65. The zero-order chi connectivity index (χ0) is 19.4. The molecule has 0 fully saturated rings. The molecule has 0 aliphatic rings. The van der Waals surface area contributed by atoms with Gasteiger partial charge in [0.2, 0.25) is 10.0 Å². The lowest BCUT2D eigenvalue weighted by atomic mass is 10.1. The number of nitrogens with zero attached hydrogens (tertiary/aromatic N) is 2. The number of nitriles is 1.